The molecule has 0 aromatic heterocycles. The molecule has 170 valence electrons. The van der Waals surface area contributed by atoms with Gasteiger partial charge in [0.15, 0.2) is 5.78 Å². The van der Waals surface area contributed by atoms with Crippen molar-refractivity contribution < 1.29 is 33.3 Å². The Morgan fingerprint density at radius 2 is 1.50 bits per heavy atom. The maximum absolute atomic E-state index is 12.6. The van der Waals surface area contributed by atoms with Crippen LogP contribution in [0.2, 0.25) is 0 Å². The van der Waals surface area contributed by atoms with E-state index in [9.17, 15) is 9.59 Å². The summed E-state index contributed by atoms with van der Waals surface area (Å²) in [5.41, 5.74) is 2.01. The maximum atomic E-state index is 12.6. The summed E-state index contributed by atoms with van der Waals surface area (Å²) in [6.45, 7) is 0. The number of hydrogen-bond acceptors (Lipinski definition) is 8. The summed E-state index contributed by atoms with van der Waals surface area (Å²) in [5, 5.41) is 2.96. The van der Waals surface area contributed by atoms with Gasteiger partial charge in [-0.25, -0.2) is 4.79 Å². The van der Waals surface area contributed by atoms with Gasteiger partial charge in [-0.3, -0.25) is 4.79 Å². The number of esters is 1. The van der Waals surface area contributed by atoms with Crippen LogP contribution in [0.3, 0.4) is 0 Å². The van der Waals surface area contributed by atoms with Gasteiger partial charge in [0.25, 0.3) is 0 Å². The minimum atomic E-state index is -0.489. The molecule has 0 radical (unpaired) electrons. The largest absolute Gasteiger partial charge is 0.496 e. The van der Waals surface area contributed by atoms with E-state index in [2.05, 4.69) is 10.1 Å². The molecule has 0 aliphatic rings. The van der Waals surface area contributed by atoms with E-state index >= 15 is 0 Å². The number of anilines is 1. The minimum Gasteiger partial charge on any atom is -0.496 e. The van der Waals surface area contributed by atoms with Gasteiger partial charge in [-0.15, -0.1) is 0 Å². The zero-order valence-corrected chi connectivity index (χ0v) is 18.8. The van der Waals surface area contributed by atoms with Crippen LogP contribution in [-0.2, 0) is 20.7 Å². The maximum Gasteiger partial charge on any atom is 0.331 e. The lowest BCUT2D eigenvalue weighted by Crippen LogP contribution is -2.02. The first kappa shape index (κ1) is 24.3. The van der Waals surface area contributed by atoms with E-state index in [0.29, 0.717) is 34.2 Å². The SMILES string of the molecule is COC(=O)/C=C\Nc1cc(CC(=O)/C=C/c2c(OC)cc(OC)cc2OC)ccc1OC. The molecular formula is C24H27NO7. The number of allylic oxidation sites excluding steroid dienone is 1. The van der Waals surface area contributed by atoms with E-state index in [1.54, 1.807) is 43.5 Å². The number of carbonyl (C=O) groups is 2. The highest BCUT2D eigenvalue weighted by atomic mass is 16.5. The molecule has 0 atom stereocenters. The van der Waals surface area contributed by atoms with E-state index in [0.717, 1.165) is 5.56 Å². The molecule has 0 aliphatic heterocycles. The van der Waals surface area contributed by atoms with Gasteiger partial charge in [-0.2, -0.15) is 0 Å². The van der Waals surface area contributed by atoms with E-state index in [-0.39, 0.29) is 12.2 Å². The first-order valence-corrected chi connectivity index (χ1v) is 9.64. The lowest BCUT2D eigenvalue weighted by atomic mass is 10.1. The molecule has 32 heavy (non-hydrogen) atoms. The molecule has 0 aliphatic carbocycles. The number of ketones is 1. The fraction of sp³-hybridized carbons (Fsp3) is 0.250. The Morgan fingerprint density at radius 1 is 0.844 bits per heavy atom. The predicted molar refractivity (Wildman–Crippen MR) is 122 cm³/mol. The summed E-state index contributed by atoms with van der Waals surface area (Å²) in [6, 6.07) is 8.76. The molecule has 8 nitrogen and oxygen atoms in total. The molecule has 0 saturated heterocycles. The number of benzene rings is 2. The lowest BCUT2D eigenvalue weighted by molar-refractivity contribution is -0.134. The van der Waals surface area contributed by atoms with Crippen LogP contribution in [0.4, 0.5) is 5.69 Å². The van der Waals surface area contributed by atoms with Crippen molar-refractivity contribution in [3.63, 3.8) is 0 Å². The molecule has 0 fully saturated rings. The molecule has 0 heterocycles. The Kier molecular flexibility index (Phi) is 9.16. The van der Waals surface area contributed by atoms with E-state index < -0.39 is 5.97 Å². The van der Waals surface area contributed by atoms with Gasteiger partial charge in [0.1, 0.15) is 23.0 Å². The predicted octanol–water partition coefficient (Wildman–Crippen LogP) is 3.64. The van der Waals surface area contributed by atoms with Crippen molar-refractivity contribution in [1.29, 1.82) is 0 Å². The number of carbonyl (C=O) groups excluding carboxylic acids is 2. The van der Waals surface area contributed by atoms with Gasteiger partial charge in [0.05, 0.1) is 46.8 Å². The van der Waals surface area contributed by atoms with Crippen molar-refractivity contribution in [2.45, 2.75) is 6.42 Å². The van der Waals surface area contributed by atoms with Gasteiger partial charge in [0, 0.05) is 30.8 Å². The average molecular weight is 441 g/mol. The fourth-order valence-corrected chi connectivity index (χ4v) is 2.88. The zero-order chi connectivity index (χ0) is 23.5. The average Bonchev–Trinajstić information content (AvgIpc) is 2.82. The molecule has 8 heteroatoms. The normalized spacial score (nSPS) is 10.8. The monoisotopic (exact) mass is 441 g/mol. The molecule has 2 aromatic carbocycles. The van der Waals surface area contributed by atoms with Gasteiger partial charge in [-0.05, 0) is 29.8 Å². The standard InChI is InChI=1S/C24H27NO7/c1-28-18-14-22(30-3)19(23(15-18)31-4)8-7-17(26)12-16-6-9-21(29-2)20(13-16)25-11-10-24(27)32-5/h6-11,13-15,25H,12H2,1-5H3/b8-7+,11-10-. The molecule has 1 N–H and O–H groups in total. The molecule has 0 amide bonds. The van der Waals surface area contributed by atoms with Gasteiger partial charge < -0.3 is 29.0 Å². The Balaban J connectivity index is 2.19. The molecule has 0 bridgehead atoms. The van der Waals surface area contributed by atoms with Gasteiger partial charge in [-0.1, -0.05) is 6.07 Å². The Labute approximate surface area is 187 Å². The Hall–Kier alpha value is -3.94. The number of hydrogen-bond donors (Lipinski definition) is 1. The summed E-state index contributed by atoms with van der Waals surface area (Å²) in [5.74, 6) is 1.60. The third-order valence-corrected chi connectivity index (χ3v) is 4.49. The van der Waals surface area contributed by atoms with Gasteiger partial charge >= 0.3 is 5.97 Å². The molecule has 2 aromatic rings. The topological polar surface area (TPSA) is 92.3 Å². The van der Waals surface area contributed by atoms with E-state index in [4.69, 9.17) is 18.9 Å². The zero-order valence-electron chi connectivity index (χ0n) is 18.8. The van der Waals surface area contributed by atoms with Crippen molar-refractivity contribution >= 4 is 23.5 Å². The summed E-state index contributed by atoms with van der Waals surface area (Å²) in [4.78, 5) is 23.8. The van der Waals surface area contributed by atoms with E-state index in [1.165, 1.54) is 46.8 Å². The third-order valence-electron chi connectivity index (χ3n) is 4.49. The van der Waals surface area contributed by atoms with Crippen molar-refractivity contribution in [3.8, 4) is 23.0 Å². The second-order valence-corrected chi connectivity index (χ2v) is 6.46. The quantitative estimate of drug-likeness (QED) is 0.417. The van der Waals surface area contributed by atoms with Crippen LogP contribution >= 0.6 is 0 Å². The van der Waals surface area contributed by atoms with Crippen molar-refractivity contribution in [2.24, 2.45) is 0 Å². The van der Waals surface area contributed by atoms with E-state index in [1.807, 2.05) is 0 Å². The summed E-state index contributed by atoms with van der Waals surface area (Å²) >= 11 is 0. The Bertz CT molecular complexity index is 986. The van der Waals surface area contributed by atoms with Crippen molar-refractivity contribution in [2.75, 3.05) is 40.9 Å². The van der Waals surface area contributed by atoms with Crippen LogP contribution in [0.15, 0.2) is 48.7 Å². The van der Waals surface area contributed by atoms with Crippen LogP contribution in [0, 0.1) is 0 Å². The number of methoxy groups -OCH3 is 5. The van der Waals surface area contributed by atoms with Crippen LogP contribution in [0.25, 0.3) is 6.08 Å². The Morgan fingerprint density at radius 3 is 2.06 bits per heavy atom. The summed E-state index contributed by atoms with van der Waals surface area (Å²) in [7, 11) is 7.45. The smallest absolute Gasteiger partial charge is 0.331 e. The van der Waals surface area contributed by atoms with Crippen LogP contribution < -0.4 is 24.3 Å². The fourth-order valence-electron chi connectivity index (χ4n) is 2.88. The lowest BCUT2D eigenvalue weighted by Gasteiger charge is -2.12. The highest BCUT2D eigenvalue weighted by molar-refractivity contribution is 5.96. The molecule has 2 rings (SSSR count). The van der Waals surface area contributed by atoms with Gasteiger partial charge in [0.2, 0.25) is 0 Å². The first-order chi connectivity index (χ1) is 15.4. The minimum absolute atomic E-state index is 0.119. The third kappa shape index (κ3) is 6.53. The number of nitrogens with one attached hydrogen (secondary N) is 1. The molecular weight excluding hydrogens is 414 g/mol. The van der Waals surface area contributed by atoms with Crippen LogP contribution in [0.1, 0.15) is 11.1 Å². The van der Waals surface area contributed by atoms with Crippen LogP contribution in [-0.4, -0.2) is 47.3 Å². The molecule has 0 spiro atoms. The second kappa shape index (κ2) is 12.0. The summed E-state index contributed by atoms with van der Waals surface area (Å²) < 4.78 is 25.9. The van der Waals surface area contributed by atoms with Crippen molar-refractivity contribution in [1.82, 2.24) is 0 Å². The highest BCUT2D eigenvalue weighted by Gasteiger charge is 2.12. The second-order valence-electron chi connectivity index (χ2n) is 6.46. The van der Waals surface area contributed by atoms with Crippen molar-refractivity contribution in [3.05, 3.63) is 59.8 Å². The van der Waals surface area contributed by atoms with Crippen LogP contribution in [0.5, 0.6) is 23.0 Å². The number of ether oxygens (including phenoxy) is 5. The molecule has 0 unspecified atom stereocenters. The highest BCUT2D eigenvalue weighted by Crippen LogP contribution is 2.35. The summed E-state index contributed by atoms with van der Waals surface area (Å²) in [6.07, 6.45) is 5.98. The molecule has 0 saturated carbocycles. The first-order valence-electron chi connectivity index (χ1n) is 9.64. The number of rotatable bonds is 11.